The molecule has 0 aliphatic carbocycles. The van der Waals surface area contributed by atoms with Gasteiger partial charge in [-0.3, -0.25) is 4.79 Å². The molecule has 2 rings (SSSR count). The second-order valence-electron chi connectivity index (χ2n) is 4.08. The van der Waals surface area contributed by atoms with E-state index in [0.717, 1.165) is 0 Å². The number of rotatable bonds is 3. The van der Waals surface area contributed by atoms with Crippen LogP contribution in [0.25, 0.3) is 0 Å². The maximum absolute atomic E-state index is 12.1. The Bertz CT molecular complexity index is 711. The average Bonchev–Trinajstić information content (AvgIpc) is 2.42. The van der Waals surface area contributed by atoms with Crippen LogP contribution in [0.1, 0.15) is 20.7 Å². The highest BCUT2D eigenvalue weighted by Crippen LogP contribution is 2.34. The summed E-state index contributed by atoms with van der Waals surface area (Å²) in [6.45, 7) is 0. The summed E-state index contributed by atoms with van der Waals surface area (Å²) in [5.41, 5.74) is 0.493. The Kier molecular flexibility index (Phi) is 4.88. The molecule has 0 fully saturated rings. The van der Waals surface area contributed by atoms with Crippen LogP contribution in [0.4, 0.5) is 5.69 Å². The molecule has 0 aliphatic heterocycles. The molecular formula is C14H8BrCl2NO3. The minimum absolute atomic E-state index is 0.0238. The van der Waals surface area contributed by atoms with E-state index < -0.39 is 11.9 Å². The van der Waals surface area contributed by atoms with E-state index >= 15 is 0 Å². The van der Waals surface area contributed by atoms with Crippen LogP contribution < -0.4 is 5.32 Å². The van der Waals surface area contributed by atoms with Crippen molar-refractivity contribution in [2.75, 3.05) is 5.32 Å². The molecule has 0 heterocycles. The Hall–Kier alpha value is -1.56. The molecule has 1 amide bonds. The summed E-state index contributed by atoms with van der Waals surface area (Å²) >= 11 is 15.3. The third-order valence-electron chi connectivity index (χ3n) is 2.62. The molecule has 2 N–H and O–H groups in total. The average molecular weight is 389 g/mol. The fourth-order valence-electron chi connectivity index (χ4n) is 1.64. The predicted octanol–water partition coefficient (Wildman–Crippen LogP) is 4.71. The van der Waals surface area contributed by atoms with Gasteiger partial charge in [0.05, 0.1) is 21.3 Å². The number of anilines is 1. The molecule has 0 spiro atoms. The van der Waals surface area contributed by atoms with Crippen LogP contribution in [-0.4, -0.2) is 17.0 Å². The molecule has 108 valence electrons. The van der Waals surface area contributed by atoms with Crippen LogP contribution in [0.2, 0.25) is 10.0 Å². The zero-order valence-corrected chi connectivity index (χ0v) is 13.5. The van der Waals surface area contributed by atoms with E-state index in [1.165, 1.54) is 24.3 Å². The standard InChI is InChI=1S/C14H8BrCl2NO3/c15-9-5-10(16)12(11(17)6-9)18-13(19)7-2-1-3-8(4-7)14(20)21/h1-6H,(H,18,19)(H,20,21). The minimum Gasteiger partial charge on any atom is -0.478 e. The van der Waals surface area contributed by atoms with Crippen LogP contribution >= 0.6 is 39.1 Å². The SMILES string of the molecule is O=C(O)c1cccc(C(=O)Nc2c(Cl)cc(Br)cc2Cl)c1. The Morgan fingerprint density at radius 1 is 1.05 bits per heavy atom. The predicted molar refractivity (Wildman–Crippen MR) is 85.5 cm³/mol. The van der Waals surface area contributed by atoms with Gasteiger partial charge in [0, 0.05) is 10.0 Å². The molecule has 0 bridgehead atoms. The lowest BCUT2D eigenvalue weighted by Crippen LogP contribution is -2.13. The first-order valence-electron chi connectivity index (χ1n) is 5.67. The number of halogens is 3. The number of nitrogens with one attached hydrogen (secondary N) is 1. The van der Waals surface area contributed by atoms with Gasteiger partial charge in [0.25, 0.3) is 5.91 Å². The quantitative estimate of drug-likeness (QED) is 0.800. The van der Waals surface area contributed by atoms with E-state index in [2.05, 4.69) is 21.2 Å². The van der Waals surface area contributed by atoms with Gasteiger partial charge in [-0.1, -0.05) is 45.2 Å². The van der Waals surface area contributed by atoms with Crippen LogP contribution in [-0.2, 0) is 0 Å². The van der Waals surface area contributed by atoms with Crippen molar-refractivity contribution >= 4 is 56.7 Å². The highest BCUT2D eigenvalue weighted by molar-refractivity contribution is 9.10. The smallest absolute Gasteiger partial charge is 0.335 e. The number of hydrogen-bond donors (Lipinski definition) is 2. The van der Waals surface area contributed by atoms with Gasteiger partial charge in [0.2, 0.25) is 0 Å². The molecule has 7 heteroatoms. The number of carboxylic acid groups (broad SMARTS) is 1. The first-order valence-corrected chi connectivity index (χ1v) is 7.22. The van der Waals surface area contributed by atoms with Crippen molar-refractivity contribution in [1.29, 1.82) is 0 Å². The highest BCUT2D eigenvalue weighted by atomic mass is 79.9. The molecule has 0 saturated carbocycles. The Labute approximate surface area is 138 Å². The van der Waals surface area contributed by atoms with E-state index in [0.29, 0.717) is 4.47 Å². The second-order valence-corrected chi connectivity index (χ2v) is 5.81. The summed E-state index contributed by atoms with van der Waals surface area (Å²) in [5.74, 6) is -1.60. The largest absolute Gasteiger partial charge is 0.478 e. The fourth-order valence-corrected chi connectivity index (χ4v) is 2.94. The topological polar surface area (TPSA) is 66.4 Å². The van der Waals surface area contributed by atoms with Gasteiger partial charge in [0.15, 0.2) is 0 Å². The van der Waals surface area contributed by atoms with Gasteiger partial charge in [-0.2, -0.15) is 0 Å². The van der Waals surface area contributed by atoms with Crippen LogP contribution in [0.3, 0.4) is 0 Å². The molecule has 4 nitrogen and oxygen atoms in total. The zero-order chi connectivity index (χ0) is 15.6. The van der Waals surface area contributed by atoms with Crippen LogP contribution in [0.5, 0.6) is 0 Å². The molecule has 0 saturated heterocycles. The van der Waals surface area contributed by atoms with E-state index in [9.17, 15) is 9.59 Å². The summed E-state index contributed by atoms with van der Waals surface area (Å²) in [4.78, 5) is 23.0. The van der Waals surface area contributed by atoms with Gasteiger partial charge < -0.3 is 10.4 Å². The number of carboxylic acids is 1. The molecule has 2 aromatic rings. The minimum atomic E-state index is -1.11. The number of carbonyl (C=O) groups is 2. The van der Waals surface area contributed by atoms with Crippen molar-refractivity contribution in [3.05, 3.63) is 62.0 Å². The highest BCUT2D eigenvalue weighted by Gasteiger charge is 2.14. The summed E-state index contributed by atoms with van der Waals surface area (Å²) in [6, 6.07) is 8.86. The molecule has 0 aliphatic rings. The van der Waals surface area contributed by atoms with Gasteiger partial charge in [-0.15, -0.1) is 0 Å². The summed E-state index contributed by atoms with van der Waals surface area (Å²) in [7, 11) is 0. The van der Waals surface area contributed by atoms with E-state index in [1.54, 1.807) is 12.1 Å². The van der Waals surface area contributed by atoms with Crippen molar-refractivity contribution in [2.24, 2.45) is 0 Å². The number of amides is 1. The lowest BCUT2D eigenvalue weighted by molar-refractivity contribution is 0.0697. The third kappa shape index (κ3) is 3.75. The van der Waals surface area contributed by atoms with Gasteiger partial charge in [-0.05, 0) is 30.3 Å². The third-order valence-corrected chi connectivity index (χ3v) is 3.67. The normalized spacial score (nSPS) is 10.2. The summed E-state index contributed by atoms with van der Waals surface area (Å²) in [6.07, 6.45) is 0. The Morgan fingerprint density at radius 3 is 2.19 bits per heavy atom. The molecule has 0 unspecified atom stereocenters. The number of benzene rings is 2. The molecule has 21 heavy (non-hydrogen) atoms. The molecule has 0 radical (unpaired) electrons. The maximum Gasteiger partial charge on any atom is 0.335 e. The monoisotopic (exact) mass is 387 g/mol. The number of aromatic carboxylic acids is 1. The van der Waals surface area contributed by atoms with E-state index in [4.69, 9.17) is 28.3 Å². The Morgan fingerprint density at radius 2 is 1.62 bits per heavy atom. The molecular weight excluding hydrogens is 381 g/mol. The van der Waals surface area contributed by atoms with Crippen molar-refractivity contribution in [1.82, 2.24) is 0 Å². The van der Waals surface area contributed by atoms with Crippen molar-refractivity contribution < 1.29 is 14.7 Å². The van der Waals surface area contributed by atoms with Crippen LogP contribution in [0.15, 0.2) is 40.9 Å². The molecule has 0 aromatic heterocycles. The van der Waals surface area contributed by atoms with Crippen molar-refractivity contribution in [2.45, 2.75) is 0 Å². The first kappa shape index (κ1) is 15.8. The first-order chi connectivity index (χ1) is 9.88. The number of carbonyl (C=O) groups excluding carboxylic acids is 1. The fraction of sp³-hybridized carbons (Fsp3) is 0. The zero-order valence-electron chi connectivity index (χ0n) is 10.4. The van der Waals surface area contributed by atoms with Crippen molar-refractivity contribution in [3.63, 3.8) is 0 Å². The van der Waals surface area contributed by atoms with E-state index in [1.807, 2.05) is 0 Å². The van der Waals surface area contributed by atoms with Gasteiger partial charge >= 0.3 is 5.97 Å². The molecule has 2 aromatic carbocycles. The Balaban J connectivity index is 2.30. The second kappa shape index (κ2) is 6.47. The lowest BCUT2D eigenvalue weighted by Gasteiger charge is -2.10. The summed E-state index contributed by atoms with van der Waals surface area (Å²) in [5, 5.41) is 12.0. The lowest BCUT2D eigenvalue weighted by atomic mass is 10.1. The van der Waals surface area contributed by atoms with Crippen LogP contribution in [0, 0.1) is 0 Å². The van der Waals surface area contributed by atoms with Gasteiger partial charge in [-0.25, -0.2) is 4.79 Å². The maximum atomic E-state index is 12.1. The van der Waals surface area contributed by atoms with E-state index in [-0.39, 0.29) is 26.9 Å². The molecule has 0 atom stereocenters. The van der Waals surface area contributed by atoms with Gasteiger partial charge in [0.1, 0.15) is 0 Å². The number of hydrogen-bond acceptors (Lipinski definition) is 2. The summed E-state index contributed by atoms with van der Waals surface area (Å²) < 4.78 is 0.684. The van der Waals surface area contributed by atoms with Crippen molar-refractivity contribution in [3.8, 4) is 0 Å².